The first-order chi connectivity index (χ1) is 9.78. The molecule has 4 heteroatoms. The molecule has 4 nitrogen and oxygen atoms in total. The number of rotatable bonds is 3. The third-order valence-electron chi connectivity index (χ3n) is 4.26. The van der Waals surface area contributed by atoms with Crippen LogP contribution < -0.4 is 5.32 Å². The fourth-order valence-electron chi connectivity index (χ4n) is 3.13. The lowest BCUT2D eigenvalue weighted by molar-refractivity contribution is 0.218. The van der Waals surface area contributed by atoms with Crippen molar-refractivity contribution >= 4 is 6.03 Å². The number of nitrogens with zero attached hydrogens (tertiary/aromatic N) is 2. The molecule has 0 saturated carbocycles. The summed E-state index contributed by atoms with van der Waals surface area (Å²) in [5.74, 6) is 0. The van der Waals surface area contributed by atoms with Gasteiger partial charge in [0, 0.05) is 13.1 Å². The zero-order chi connectivity index (χ0) is 13.9. The van der Waals surface area contributed by atoms with Crippen LogP contribution in [0.25, 0.3) is 0 Å². The molecule has 1 aromatic carbocycles. The molecule has 1 aliphatic carbocycles. The molecule has 1 heterocycles. The van der Waals surface area contributed by atoms with Gasteiger partial charge >= 0.3 is 6.03 Å². The highest BCUT2D eigenvalue weighted by atomic mass is 16.2. The lowest BCUT2D eigenvalue weighted by Gasteiger charge is -2.18. The number of hydrogen-bond donors (Lipinski definition) is 1. The minimum Gasteiger partial charge on any atom is -0.329 e. The molecule has 0 aromatic heterocycles. The molecule has 2 amide bonds. The van der Waals surface area contributed by atoms with Crippen LogP contribution in [-0.2, 0) is 12.8 Å². The lowest BCUT2D eigenvalue weighted by atomic mass is 9.89. The molecule has 1 saturated heterocycles. The molecule has 1 aliphatic heterocycles. The predicted octanol–water partition coefficient (Wildman–Crippen LogP) is 2.55. The van der Waals surface area contributed by atoms with Gasteiger partial charge in [0.05, 0.1) is 18.5 Å². The van der Waals surface area contributed by atoms with Crippen molar-refractivity contribution in [2.24, 2.45) is 0 Å². The number of urea groups is 1. The molecule has 0 radical (unpaired) electrons. The number of hydrogen-bond acceptors (Lipinski definition) is 2. The number of carbonyl (C=O) groups is 1. The second kappa shape index (κ2) is 5.54. The lowest BCUT2D eigenvalue weighted by Crippen LogP contribution is -2.28. The van der Waals surface area contributed by atoms with Crippen LogP contribution in [0.1, 0.15) is 42.0 Å². The standard InChI is InChI=1S/C16H19N3O/c17-8-3-9-19-11-15(18-16(19)20)14-7-6-12-4-1-2-5-13(12)10-14/h6-7,10,15H,1-5,9,11H2,(H,18,20). The molecular weight excluding hydrogens is 250 g/mol. The third kappa shape index (κ3) is 2.49. The molecule has 1 unspecified atom stereocenters. The Balaban J connectivity index is 1.74. The number of nitrogens with one attached hydrogen (secondary N) is 1. The monoisotopic (exact) mass is 269 g/mol. The number of fused-ring (bicyclic) bond motifs is 1. The topological polar surface area (TPSA) is 56.1 Å². The van der Waals surface area contributed by atoms with E-state index in [1.165, 1.54) is 36.0 Å². The van der Waals surface area contributed by atoms with Gasteiger partial charge in [-0.1, -0.05) is 18.2 Å². The second-order valence-corrected chi connectivity index (χ2v) is 5.59. The summed E-state index contributed by atoms with van der Waals surface area (Å²) in [7, 11) is 0. The summed E-state index contributed by atoms with van der Waals surface area (Å²) in [5.41, 5.74) is 4.10. The van der Waals surface area contributed by atoms with E-state index in [9.17, 15) is 4.79 Å². The predicted molar refractivity (Wildman–Crippen MR) is 76.2 cm³/mol. The summed E-state index contributed by atoms with van der Waals surface area (Å²) in [5, 5.41) is 11.6. The van der Waals surface area contributed by atoms with Crippen LogP contribution in [0.3, 0.4) is 0 Å². The largest absolute Gasteiger partial charge is 0.329 e. The SMILES string of the molecule is N#CCCN1CC(c2ccc3c(c2)CCCC3)NC1=O. The first kappa shape index (κ1) is 13.0. The van der Waals surface area contributed by atoms with Gasteiger partial charge < -0.3 is 10.2 Å². The van der Waals surface area contributed by atoms with Gasteiger partial charge in [0.2, 0.25) is 0 Å². The second-order valence-electron chi connectivity index (χ2n) is 5.59. The normalized spacial score (nSPS) is 21.2. The van der Waals surface area contributed by atoms with Crippen LogP contribution in [0.15, 0.2) is 18.2 Å². The van der Waals surface area contributed by atoms with Crippen molar-refractivity contribution in [3.63, 3.8) is 0 Å². The number of carbonyl (C=O) groups excluding carboxylic acids is 1. The fourth-order valence-corrected chi connectivity index (χ4v) is 3.13. The minimum atomic E-state index is -0.0528. The number of aryl methyl sites for hydroxylation is 2. The van der Waals surface area contributed by atoms with E-state index in [1.807, 2.05) is 0 Å². The zero-order valence-corrected chi connectivity index (χ0v) is 11.6. The maximum atomic E-state index is 11.9. The molecule has 104 valence electrons. The fraction of sp³-hybridized carbons (Fsp3) is 0.500. The van der Waals surface area contributed by atoms with E-state index in [0.29, 0.717) is 19.5 Å². The van der Waals surface area contributed by atoms with Gasteiger partial charge in [-0.3, -0.25) is 0 Å². The molecule has 1 N–H and O–H groups in total. The Morgan fingerprint density at radius 1 is 1.30 bits per heavy atom. The van der Waals surface area contributed by atoms with Crippen molar-refractivity contribution in [1.82, 2.24) is 10.2 Å². The van der Waals surface area contributed by atoms with Crippen LogP contribution in [0, 0.1) is 11.3 Å². The highest BCUT2D eigenvalue weighted by Crippen LogP contribution is 2.27. The van der Waals surface area contributed by atoms with Gasteiger partial charge in [0.1, 0.15) is 0 Å². The maximum absolute atomic E-state index is 11.9. The van der Waals surface area contributed by atoms with Gasteiger partial charge in [0.15, 0.2) is 0 Å². The summed E-state index contributed by atoms with van der Waals surface area (Å²) in [6.07, 6.45) is 5.28. The highest BCUT2D eigenvalue weighted by Gasteiger charge is 2.29. The zero-order valence-electron chi connectivity index (χ0n) is 11.6. The summed E-state index contributed by atoms with van der Waals surface area (Å²) in [4.78, 5) is 13.6. The van der Waals surface area contributed by atoms with Gasteiger partial charge in [-0.2, -0.15) is 5.26 Å². The van der Waals surface area contributed by atoms with Crippen LogP contribution in [0.4, 0.5) is 4.79 Å². The Hall–Kier alpha value is -2.02. The Kier molecular flexibility index (Phi) is 3.60. The summed E-state index contributed by atoms with van der Waals surface area (Å²) >= 11 is 0. The average molecular weight is 269 g/mol. The third-order valence-corrected chi connectivity index (χ3v) is 4.26. The number of benzene rings is 1. The highest BCUT2D eigenvalue weighted by molar-refractivity contribution is 5.77. The average Bonchev–Trinajstić information content (AvgIpc) is 2.86. The van der Waals surface area contributed by atoms with E-state index >= 15 is 0 Å². The van der Waals surface area contributed by atoms with E-state index in [-0.39, 0.29) is 12.1 Å². The molecule has 0 bridgehead atoms. The smallest absolute Gasteiger partial charge is 0.318 e. The van der Waals surface area contributed by atoms with E-state index in [4.69, 9.17) is 5.26 Å². The number of nitriles is 1. The Labute approximate surface area is 119 Å². The van der Waals surface area contributed by atoms with Crippen molar-refractivity contribution in [1.29, 1.82) is 5.26 Å². The van der Waals surface area contributed by atoms with Gasteiger partial charge in [-0.05, 0) is 42.4 Å². The minimum absolute atomic E-state index is 0.0528. The van der Waals surface area contributed by atoms with Gasteiger partial charge in [-0.25, -0.2) is 4.79 Å². The van der Waals surface area contributed by atoms with E-state index < -0.39 is 0 Å². The van der Waals surface area contributed by atoms with Crippen molar-refractivity contribution < 1.29 is 4.79 Å². The van der Waals surface area contributed by atoms with E-state index in [1.54, 1.807) is 4.90 Å². The summed E-state index contributed by atoms with van der Waals surface area (Å²) < 4.78 is 0. The van der Waals surface area contributed by atoms with Crippen LogP contribution >= 0.6 is 0 Å². The quantitative estimate of drug-likeness (QED) is 0.916. The van der Waals surface area contributed by atoms with Gasteiger partial charge in [-0.15, -0.1) is 0 Å². The van der Waals surface area contributed by atoms with E-state index in [0.717, 1.165) is 6.42 Å². The first-order valence-electron chi connectivity index (χ1n) is 7.32. The Morgan fingerprint density at radius 3 is 2.90 bits per heavy atom. The molecule has 3 rings (SSSR count). The van der Waals surface area contributed by atoms with Gasteiger partial charge in [0.25, 0.3) is 0 Å². The maximum Gasteiger partial charge on any atom is 0.318 e. The molecule has 20 heavy (non-hydrogen) atoms. The molecule has 2 aliphatic rings. The molecular formula is C16H19N3O. The molecule has 1 fully saturated rings. The first-order valence-corrected chi connectivity index (χ1v) is 7.32. The Bertz CT molecular complexity index is 561. The number of amides is 2. The molecule has 1 aromatic rings. The Morgan fingerprint density at radius 2 is 2.10 bits per heavy atom. The van der Waals surface area contributed by atoms with Crippen molar-refractivity contribution in [3.05, 3.63) is 34.9 Å². The van der Waals surface area contributed by atoms with Crippen LogP contribution in [0.2, 0.25) is 0 Å². The van der Waals surface area contributed by atoms with E-state index in [2.05, 4.69) is 29.6 Å². The summed E-state index contributed by atoms with van der Waals surface area (Å²) in [6.45, 7) is 1.18. The van der Waals surface area contributed by atoms with Crippen molar-refractivity contribution in [2.75, 3.05) is 13.1 Å². The molecule has 0 spiro atoms. The van der Waals surface area contributed by atoms with Crippen molar-refractivity contribution in [3.8, 4) is 6.07 Å². The molecule has 1 atom stereocenters. The van der Waals surface area contributed by atoms with Crippen molar-refractivity contribution in [2.45, 2.75) is 38.1 Å². The summed E-state index contributed by atoms with van der Waals surface area (Å²) in [6, 6.07) is 8.71. The van der Waals surface area contributed by atoms with Crippen LogP contribution in [-0.4, -0.2) is 24.0 Å². The van der Waals surface area contributed by atoms with Crippen LogP contribution in [0.5, 0.6) is 0 Å².